The quantitative estimate of drug-likeness (QED) is 0.164. The number of halogens is 1. The first-order valence-corrected chi connectivity index (χ1v) is 14.3. The number of aromatic nitrogens is 4. The fourth-order valence-electron chi connectivity index (χ4n) is 4.62. The van der Waals surface area contributed by atoms with Crippen LogP contribution >= 0.6 is 0 Å². The van der Waals surface area contributed by atoms with E-state index in [0.717, 1.165) is 18.4 Å². The van der Waals surface area contributed by atoms with Gasteiger partial charge in [-0.25, -0.2) is 14.1 Å². The molecule has 0 aliphatic heterocycles. The molecule has 5 N–H and O–H groups in total. The van der Waals surface area contributed by atoms with E-state index in [1.165, 1.54) is 12.1 Å². The highest BCUT2D eigenvalue weighted by molar-refractivity contribution is 6.04. The Morgan fingerprint density at radius 3 is 2.60 bits per heavy atom. The topological polar surface area (TPSA) is 158 Å². The van der Waals surface area contributed by atoms with Gasteiger partial charge in [0.15, 0.2) is 0 Å². The van der Waals surface area contributed by atoms with Crippen LogP contribution in [-0.2, 0) is 17.9 Å². The molecule has 12 nitrogen and oxygen atoms in total. The van der Waals surface area contributed by atoms with E-state index in [2.05, 4.69) is 26.1 Å². The Kier molecular flexibility index (Phi) is 8.88. The van der Waals surface area contributed by atoms with Crippen molar-refractivity contribution in [3.8, 4) is 5.75 Å². The van der Waals surface area contributed by atoms with Crippen LogP contribution in [0.4, 0.5) is 10.3 Å². The van der Waals surface area contributed by atoms with Crippen molar-refractivity contribution in [3.63, 3.8) is 0 Å². The average molecular weight is 591 g/mol. The predicted octanol–water partition coefficient (Wildman–Crippen LogP) is 3.48. The molecule has 0 unspecified atom stereocenters. The van der Waals surface area contributed by atoms with Crippen molar-refractivity contribution in [3.05, 3.63) is 70.8 Å². The second-order valence-electron chi connectivity index (χ2n) is 10.6. The van der Waals surface area contributed by atoms with E-state index < -0.39 is 11.8 Å². The van der Waals surface area contributed by atoms with Crippen LogP contribution in [-0.4, -0.2) is 50.3 Å². The molecular formula is C30H35FN8O4. The lowest BCUT2D eigenvalue weighted by Gasteiger charge is -2.15. The standard InChI is InChI=1S/C30H35FN8O4/c1-3-38-24(13-18(2)37-38)29(42)36-30-35-23-14-21(28(32)41)15-25(43-17-20-6-7-20)27(23)39(30)34-12-4-5-26(40)33-16-19-8-10-22(31)11-9-19/h8-11,13-15,20,34H,3-7,12,16-17H2,1-2H3,(H2,32,41)(H,33,40)(H,35,36,42). The first kappa shape index (κ1) is 29.5. The summed E-state index contributed by atoms with van der Waals surface area (Å²) in [7, 11) is 0. The van der Waals surface area contributed by atoms with Crippen LogP contribution in [0.15, 0.2) is 42.5 Å². The Hall–Kier alpha value is -4.94. The summed E-state index contributed by atoms with van der Waals surface area (Å²) in [6.45, 7) is 5.34. The van der Waals surface area contributed by atoms with Crippen molar-refractivity contribution < 1.29 is 23.5 Å². The number of rotatable bonds is 14. The predicted molar refractivity (Wildman–Crippen MR) is 159 cm³/mol. The number of nitrogens with two attached hydrogens (primary N) is 1. The van der Waals surface area contributed by atoms with Gasteiger partial charge in [0.05, 0.1) is 17.8 Å². The number of anilines is 1. The maximum atomic E-state index is 13.3. The Morgan fingerprint density at radius 1 is 1.14 bits per heavy atom. The van der Waals surface area contributed by atoms with E-state index in [0.29, 0.717) is 66.8 Å². The zero-order chi connectivity index (χ0) is 30.5. The highest BCUT2D eigenvalue weighted by atomic mass is 19.1. The molecule has 5 rings (SSSR count). The lowest BCUT2D eigenvalue weighted by Crippen LogP contribution is -2.26. The number of carbonyl (C=O) groups excluding carboxylic acids is 3. The molecule has 13 heteroatoms. The average Bonchev–Trinajstić information content (AvgIpc) is 3.64. The number of carbonyl (C=O) groups is 3. The van der Waals surface area contributed by atoms with Crippen LogP contribution in [0.2, 0.25) is 0 Å². The number of aryl methyl sites for hydroxylation is 2. The van der Waals surface area contributed by atoms with E-state index in [1.54, 1.807) is 39.7 Å². The first-order valence-electron chi connectivity index (χ1n) is 14.3. The number of nitrogens with zero attached hydrogens (tertiary/aromatic N) is 4. The lowest BCUT2D eigenvalue weighted by atomic mass is 10.1. The largest absolute Gasteiger partial charge is 0.491 e. The van der Waals surface area contributed by atoms with Crippen molar-refractivity contribution in [2.24, 2.45) is 11.7 Å². The molecule has 1 saturated carbocycles. The zero-order valence-corrected chi connectivity index (χ0v) is 24.2. The van der Waals surface area contributed by atoms with E-state index in [1.807, 2.05) is 13.8 Å². The fraction of sp³-hybridized carbons (Fsp3) is 0.367. The number of benzene rings is 2. The maximum Gasteiger partial charge on any atom is 0.276 e. The summed E-state index contributed by atoms with van der Waals surface area (Å²) in [5.74, 6) is -0.483. The number of hydrogen-bond donors (Lipinski definition) is 4. The SMILES string of the molecule is CCn1nc(C)cc1C(=O)Nc1nc2cc(C(N)=O)cc(OCC3CC3)c2n1NCCCC(=O)NCc1ccc(F)cc1. The van der Waals surface area contributed by atoms with Gasteiger partial charge >= 0.3 is 0 Å². The molecule has 1 aliphatic carbocycles. The smallest absolute Gasteiger partial charge is 0.276 e. The van der Waals surface area contributed by atoms with Crippen LogP contribution in [0.5, 0.6) is 5.75 Å². The summed E-state index contributed by atoms with van der Waals surface area (Å²) >= 11 is 0. The minimum atomic E-state index is -0.625. The van der Waals surface area contributed by atoms with Crippen LogP contribution in [0.25, 0.3) is 11.0 Å². The van der Waals surface area contributed by atoms with E-state index in [4.69, 9.17) is 10.5 Å². The highest BCUT2D eigenvalue weighted by Crippen LogP contribution is 2.34. The molecule has 43 heavy (non-hydrogen) atoms. The van der Waals surface area contributed by atoms with Gasteiger partial charge in [-0.2, -0.15) is 5.10 Å². The van der Waals surface area contributed by atoms with Gasteiger partial charge in [0.1, 0.15) is 22.8 Å². The summed E-state index contributed by atoms with van der Waals surface area (Å²) in [4.78, 5) is 42.5. The Bertz CT molecular complexity index is 1640. The van der Waals surface area contributed by atoms with Crippen LogP contribution in [0.1, 0.15) is 64.7 Å². The van der Waals surface area contributed by atoms with Crippen molar-refractivity contribution in [1.82, 2.24) is 24.8 Å². The van der Waals surface area contributed by atoms with Crippen molar-refractivity contribution in [2.75, 3.05) is 23.9 Å². The minimum Gasteiger partial charge on any atom is -0.491 e. The van der Waals surface area contributed by atoms with Crippen molar-refractivity contribution in [1.29, 1.82) is 0 Å². The number of amides is 3. The molecule has 0 radical (unpaired) electrons. The lowest BCUT2D eigenvalue weighted by molar-refractivity contribution is -0.121. The molecule has 1 aliphatic rings. The number of imidazole rings is 1. The molecule has 3 amide bonds. The summed E-state index contributed by atoms with van der Waals surface area (Å²) < 4.78 is 22.5. The third-order valence-electron chi connectivity index (χ3n) is 7.09. The number of ether oxygens (including phenoxy) is 1. The second-order valence-corrected chi connectivity index (χ2v) is 10.6. The van der Waals surface area contributed by atoms with Crippen molar-refractivity contribution in [2.45, 2.75) is 52.6 Å². The molecule has 0 bridgehead atoms. The van der Waals surface area contributed by atoms with Crippen LogP contribution in [0, 0.1) is 18.7 Å². The van der Waals surface area contributed by atoms with Gasteiger partial charge in [0.2, 0.25) is 17.8 Å². The molecule has 0 spiro atoms. The molecule has 1 fully saturated rings. The Balaban J connectivity index is 1.36. The monoisotopic (exact) mass is 590 g/mol. The molecule has 226 valence electrons. The Labute approximate surface area is 247 Å². The number of hydrogen-bond acceptors (Lipinski definition) is 7. The highest BCUT2D eigenvalue weighted by Gasteiger charge is 2.25. The summed E-state index contributed by atoms with van der Waals surface area (Å²) in [5, 5.41) is 10.0. The second kappa shape index (κ2) is 12.9. The van der Waals surface area contributed by atoms with Gasteiger partial charge < -0.3 is 21.2 Å². The van der Waals surface area contributed by atoms with Crippen molar-refractivity contribution >= 4 is 34.7 Å². The molecule has 4 aromatic rings. The van der Waals surface area contributed by atoms with Gasteiger partial charge in [0.25, 0.3) is 5.91 Å². The molecule has 2 aromatic carbocycles. The van der Waals surface area contributed by atoms with Gasteiger partial charge in [-0.05, 0) is 74.9 Å². The van der Waals surface area contributed by atoms with Gasteiger partial charge in [-0.15, -0.1) is 0 Å². The maximum absolute atomic E-state index is 13.3. The van der Waals surface area contributed by atoms with E-state index in [-0.39, 0.29) is 29.7 Å². The van der Waals surface area contributed by atoms with Crippen LogP contribution in [0.3, 0.4) is 0 Å². The number of fused-ring (bicyclic) bond motifs is 1. The minimum absolute atomic E-state index is 0.155. The molecule has 0 saturated heterocycles. The number of nitrogens with one attached hydrogen (secondary N) is 3. The normalized spacial score (nSPS) is 12.7. The first-order chi connectivity index (χ1) is 20.7. The van der Waals surface area contributed by atoms with Crippen LogP contribution < -0.4 is 26.5 Å². The van der Waals surface area contributed by atoms with Gasteiger partial charge in [-0.1, -0.05) is 12.1 Å². The zero-order valence-electron chi connectivity index (χ0n) is 24.2. The molecule has 2 aromatic heterocycles. The summed E-state index contributed by atoms with van der Waals surface area (Å²) in [5.41, 5.74) is 11.9. The third kappa shape index (κ3) is 7.29. The fourth-order valence-corrected chi connectivity index (χ4v) is 4.62. The Morgan fingerprint density at radius 2 is 1.91 bits per heavy atom. The summed E-state index contributed by atoms with van der Waals surface area (Å²) in [6.07, 6.45) is 2.84. The molecular weight excluding hydrogens is 555 g/mol. The van der Waals surface area contributed by atoms with E-state index in [9.17, 15) is 18.8 Å². The third-order valence-corrected chi connectivity index (χ3v) is 7.09. The molecule has 2 heterocycles. The van der Waals surface area contributed by atoms with E-state index >= 15 is 0 Å². The summed E-state index contributed by atoms with van der Waals surface area (Å²) in [6, 6.07) is 10.8. The number of primary amides is 1. The van der Waals surface area contributed by atoms with Gasteiger partial charge in [-0.3, -0.25) is 24.4 Å². The van der Waals surface area contributed by atoms with Gasteiger partial charge in [0, 0.05) is 31.6 Å². The molecule has 0 atom stereocenters.